The van der Waals surface area contributed by atoms with E-state index in [9.17, 15) is 4.79 Å². The van der Waals surface area contributed by atoms with E-state index in [1.807, 2.05) is 13.8 Å². The minimum absolute atomic E-state index is 0. The fourth-order valence-corrected chi connectivity index (χ4v) is 2.07. The van der Waals surface area contributed by atoms with Crippen molar-refractivity contribution >= 4 is 30.1 Å². The van der Waals surface area contributed by atoms with Gasteiger partial charge in [-0.15, -0.1) is 24.2 Å². The molecule has 1 aliphatic rings. The molecule has 5 heteroatoms. The summed E-state index contributed by atoms with van der Waals surface area (Å²) in [5.74, 6) is 0.565. The van der Waals surface area contributed by atoms with Crippen LogP contribution in [0.2, 0.25) is 0 Å². The van der Waals surface area contributed by atoms with Crippen LogP contribution in [0.5, 0.6) is 0 Å². The molecular weight excluding hydrogens is 184 g/mol. The van der Waals surface area contributed by atoms with Gasteiger partial charge in [-0.1, -0.05) is 0 Å². The van der Waals surface area contributed by atoms with Crippen LogP contribution >= 0.6 is 24.2 Å². The monoisotopic (exact) mass is 196 g/mol. The summed E-state index contributed by atoms with van der Waals surface area (Å²) in [6, 6.07) is -0.169. The van der Waals surface area contributed by atoms with Gasteiger partial charge in [-0.25, -0.2) is 0 Å². The summed E-state index contributed by atoms with van der Waals surface area (Å²) in [4.78, 5) is 10.8. The number of hydrogen-bond donors (Lipinski definition) is 2. The predicted molar refractivity (Wildman–Crippen MR) is 49.9 cm³/mol. The third kappa shape index (κ3) is 2.25. The van der Waals surface area contributed by atoms with Crippen molar-refractivity contribution in [3.63, 3.8) is 0 Å². The quantitative estimate of drug-likeness (QED) is 0.636. The molecule has 1 aliphatic heterocycles. The molecule has 1 amide bonds. The van der Waals surface area contributed by atoms with Crippen molar-refractivity contribution in [3.05, 3.63) is 0 Å². The molecule has 1 atom stereocenters. The lowest BCUT2D eigenvalue weighted by Crippen LogP contribution is -2.47. The molecule has 3 N–H and O–H groups in total. The van der Waals surface area contributed by atoms with Crippen molar-refractivity contribution in [2.75, 3.05) is 5.88 Å². The first-order chi connectivity index (χ1) is 4.54. The Bertz CT molecular complexity index is 163. The first kappa shape index (κ1) is 11.1. The molecule has 0 aromatic heterocycles. The van der Waals surface area contributed by atoms with Gasteiger partial charge in [0, 0.05) is 10.6 Å². The van der Waals surface area contributed by atoms with E-state index in [-0.39, 0.29) is 29.1 Å². The molecule has 1 rings (SSSR count). The van der Waals surface area contributed by atoms with Gasteiger partial charge < -0.3 is 5.73 Å². The standard InChI is InChI=1S/C6H12N2OS.ClH/c1-6(2)4(5(7)9)8-3-10-6;/h4,8H,3H2,1-2H3,(H2,7,9);1H/t4-;/m1./s1. The molecule has 1 saturated heterocycles. The minimum Gasteiger partial charge on any atom is -0.368 e. The third-order valence-corrected chi connectivity index (χ3v) is 3.00. The lowest BCUT2D eigenvalue weighted by atomic mass is 10.0. The number of thioether (sulfide) groups is 1. The Morgan fingerprint density at radius 3 is 2.45 bits per heavy atom. The van der Waals surface area contributed by atoms with E-state index in [2.05, 4.69) is 5.32 Å². The lowest BCUT2D eigenvalue weighted by Gasteiger charge is -2.21. The molecule has 0 saturated carbocycles. The summed E-state index contributed by atoms with van der Waals surface area (Å²) >= 11 is 1.72. The zero-order valence-electron chi connectivity index (χ0n) is 6.59. The molecule has 0 unspecified atom stereocenters. The Labute approximate surface area is 76.9 Å². The number of carbonyl (C=O) groups is 1. The summed E-state index contributed by atoms with van der Waals surface area (Å²) in [7, 11) is 0. The van der Waals surface area contributed by atoms with Crippen LogP contribution in [0.3, 0.4) is 0 Å². The number of nitrogens with two attached hydrogens (primary N) is 1. The SMILES string of the molecule is CC1(C)SCN[C@@H]1C(N)=O.Cl. The highest BCUT2D eigenvalue weighted by Crippen LogP contribution is 2.32. The Morgan fingerprint density at radius 1 is 1.73 bits per heavy atom. The van der Waals surface area contributed by atoms with Gasteiger partial charge in [-0.3, -0.25) is 10.1 Å². The third-order valence-electron chi connectivity index (χ3n) is 1.71. The zero-order valence-corrected chi connectivity index (χ0v) is 8.22. The van der Waals surface area contributed by atoms with E-state index in [1.165, 1.54) is 0 Å². The van der Waals surface area contributed by atoms with Crippen LogP contribution in [-0.4, -0.2) is 22.6 Å². The van der Waals surface area contributed by atoms with Crippen molar-refractivity contribution in [1.82, 2.24) is 5.32 Å². The van der Waals surface area contributed by atoms with E-state index in [0.717, 1.165) is 5.88 Å². The average Bonchev–Trinajstić information content (AvgIpc) is 2.08. The highest BCUT2D eigenvalue weighted by atomic mass is 35.5. The summed E-state index contributed by atoms with van der Waals surface area (Å²) in [6.07, 6.45) is 0. The number of carbonyl (C=O) groups excluding carboxylic acids is 1. The minimum atomic E-state index is -0.255. The number of nitrogens with one attached hydrogen (secondary N) is 1. The van der Waals surface area contributed by atoms with Crippen LogP contribution < -0.4 is 11.1 Å². The normalized spacial score (nSPS) is 27.6. The maximum Gasteiger partial charge on any atom is 0.236 e. The van der Waals surface area contributed by atoms with E-state index >= 15 is 0 Å². The molecule has 1 fully saturated rings. The van der Waals surface area contributed by atoms with Crippen LogP contribution in [-0.2, 0) is 4.79 Å². The summed E-state index contributed by atoms with van der Waals surface area (Å²) in [5.41, 5.74) is 5.16. The Hall–Kier alpha value is 0.0700. The first-order valence-corrected chi connectivity index (χ1v) is 4.19. The number of rotatable bonds is 1. The maximum atomic E-state index is 10.8. The molecule has 0 aromatic rings. The van der Waals surface area contributed by atoms with Crippen LogP contribution in [0.15, 0.2) is 0 Å². The highest BCUT2D eigenvalue weighted by molar-refractivity contribution is 8.00. The summed E-state index contributed by atoms with van der Waals surface area (Å²) in [6.45, 7) is 4.04. The smallest absolute Gasteiger partial charge is 0.236 e. The molecule has 0 radical (unpaired) electrons. The van der Waals surface area contributed by atoms with Gasteiger partial charge in [0.05, 0.1) is 0 Å². The average molecular weight is 197 g/mol. The molecule has 3 nitrogen and oxygen atoms in total. The second-order valence-corrected chi connectivity index (χ2v) is 4.56. The van der Waals surface area contributed by atoms with Gasteiger partial charge in [0.15, 0.2) is 0 Å². The molecule has 1 heterocycles. The van der Waals surface area contributed by atoms with Gasteiger partial charge in [-0.05, 0) is 13.8 Å². The van der Waals surface area contributed by atoms with Gasteiger partial charge in [-0.2, -0.15) is 0 Å². The molecule has 66 valence electrons. The van der Waals surface area contributed by atoms with Crippen LogP contribution in [0.1, 0.15) is 13.8 Å². The highest BCUT2D eigenvalue weighted by Gasteiger charge is 2.38. The molecule has 0 spiro atoms. The van der Waals surface area contributed by atoms with Crippen molar-refractivity contribution in [2.24, 2.45) is 5.73 Å². The van der Waals surface area contributed by atoms with Gasteiger partial charge >= 0.3 is 0 Å². The Balaban J connectivity index is 0.000001000. The topological polar surface area (TPSA) is 55.1 Å². The van der Waals surface area contributed by atoms with Crippen LogP contribution in [0.4, 0.5) is 0 Å². The fourth-order valence-electron chi connectivity index (χ4n) is 1.08. The van der Waals surface area contributed by atoms with Crippen molar-refractivity contribution < 1.29 is 4.79 Å². The van der Waals surface area contributed by atoms with Gasteiger partial charge in [0.25, 0.3) is 0 Å². The Kier molecular flexibility index (Phi) is 3.67. The number of amides is 1. The largest absolute Gasteiger partial charge is 0.368 e. The number of halogens is 1. The molecule has 0 aliphatic carbocycles. The Morgan fingerprint density at radius 2 is 2.27 bits per heavy atom. The van der Waals surface area contributed by atoms with Gasteiger partial charge in [0.2, 0.25) is 5.91 Å². The van der Waals surface area contributed by atoms with Gasteiger partial charge in [0.1, 0.15) is 6.04 Å². The molecule has 0 bridgehead atoms. The van der Waals surface area contributed by atoms with E-state index in [0.29, 0.717) is 0 Å². The second kappa shape index (κ2) is 3.65. The van der Waals surface area contributed by atoms with Crippen molar-refractivity contribution in [3.8, 4) is 0 Å². The zero-order chi connectivity index (χ0) is 7.78. The van der Waals surface area contributed by atoms with Crippen molar-refractivity contribution in [2.45, 2.75) is 24.6 Å². The number of hydrogen-bond acceptors (Lipinski definition) is 3. The number of primary amides is 1. The van der Waals surface area contributed by atoms with Crippen molar-refractivity contribution in [1.29, 1.82) is 0 Å². The maximum absolute atomic E-state index is 10.8. The molecule has 11 heavy (non-hydrogen) atoms. The van der Waals surface area contributed by atoms with E-state index < -0.39 is 0 Å². The molecular formula is C6H13ClN2OS. The lowest BCUT2D eigenvalue weighted by molar-refractivity contribution is -0.120. The first-order valence-electron chi connectivity index (χ1n) is 3.21. The van der Waals surface area contributed by atoms with E-state index in [1.54, 1.807) is 11.8 Å². The predicted octanol–water partition coefficient (Wildman–Crippen LogP) is 0.335. The van der Waals surface area contributed by atoms with Crippen LogP contribution in [0, 0.1) is 0 Å². The van der Waals surface area contributed by atoms with Crippen LogP contribution in [0.25, 0.3) is 0 Å². The molecule has 0 aromatic carbocycles. The summed E-state index contributed by atoms with van der Waals surface area (Å²) < 4.78 is -0.0359. The van der Waals surface area contributed by atoms with E-state index in [4.69, 9.17) is 5.73 Å². The fraction of sp³-hybridized carbons (Fsp3) is 0.833. The second-order valence-electron chi connectivity index (χ2n) is 2.93. The summed E-state index contributed by atoms with van der Waals surface area (Å²) in [5, 5.41) is 3.03.